The molecule has 0 aliphatic rings. The summed E-state index contributed by atoms with van der Waals surface area (Å²) in [4.78, 5) is 0. The van der Waals surface area contributed by atoms with E-state index < -0.39 is 0 Å². The molecule has 0 bridgehead atoms. The highest BCUT2D eigenvalue weighted by Crippen LogP contribution is 2.25. The van der Waals surface area contributed by atoms with E-state index in [-0.39, 0.29) is 24.0 Å². The van der Waals surface area contributed by atoms with Gasteiger partial charge in [0, 0.05) is 23.3 Å². The molecule has 3 aromatic carbocycles. The van der Waals surface area contributed by atoms with Crippen LogP contribution < -0.4 is 24.0 Å². The Kier molecular flexibility index (Phi) is 11.1. The number of unbranched alkanes of at least 4 members (excludes halogenated alkanes) is 3. The number of halogens is 1. The zero-order valence-electron chi connectivity index (χ0n) is 17.8. The number of rotatable bonds is 12. The van der Waals surface area contributed by atoms with Gasteiger partial charge in [-0.1, -0.05) is 97.4 Å². The monoisotopic (exact) mass is 515 g/mol. The Labute approximate surface area is 199 Å². The number of hydrogen-bond donors (Lipinski definition) is 1. The Morgan fingerprint density at radius 2 is 0.867 bits per heavy atom. The highest BCUT2D eigenvalue weighted by atomic mass is 127. The molecule has 0 aliphatic carbocycles. The van der Waals surface area contributed by atoms with Crippen molar-refractivity contribution in [3.63, 3.8) is 0 Å². The van der Waals surface area contributed by atoms with Crippen molar-refractivity contribution in [2.45, 2.75) is 45.3 Å². The lowest BCUT2D eigenvalue weighted by Crippen LogP contribution is -3.00. The first-order valence-corrected chi connectivity index (χ1v) is 10.9. The van der Waals surface area contributed by atoms with Gasteiger partial charge < -0.3 is 33.6 Å². The summed E-state index contributed by atoms with van der Waals surface area (Å²) in [6.45, 7) is 4.54. The van der Waals surface area contributed by atoms with Crippen LogP contribution in [0.4, 0.5) is 0 Å². The fourth-order valence-electron chi connectivity index (χ4n) is 4.23. The molecule has 0 saturated carbocycles. The Bertz CT molecular complexity index is 707. The number of quaternary nitrogens is 1. The van der Waals surface area contributed by atoms with Gasteiger partial charge in [0.05, 0.1) is 6.54 Å². The van der Waals surface area contributed by atoms with E-state index in [1.165, 1.54) is 29.5 Å². The van der Waals surface area contributed by atoms with Gasteiger partial charge in [-0.2, -0.15) is 0 Å². The first-order chi connectivity index (χ1) is 14.3. The van der Waals surface area contributed by atoms with E-state index in [0.717, 1.165) is 43.5 Å². The lowest BCUT2D eigenvalue weighted by molar-refractivity contribution is -0.966. The average molecular weight is 515 g/mol. The molecule has 3 heteroatoms. The molecule has 30 heavy (non-hydrogen) atoms. The molecule has 0 aromatic heterocycles. The van der Waals surface area contributed by atoms with E-state index in [1.807, 2.05) is 0 Å². The van der Waals surface area contributed by atoms with Crippen molar-refractivity contribution in [1.82, 2.24) is 0 Å². The van der Waals surface area contributed by atoms with E-state index in [9.17, 15) is 0 Å². The minimum absolute atomic E-state index is 0. The van der Waals surface area contributed by atoms with Gasteiger partial charge in [-0.3, -0.25) is 0 Å². The molecule has 160 valence electrons. The normalized spacial score (nSPS) is 11.1. The maximum Gasteiger partial charge on any atom is 0.105 e. The first-order valence-electron chi connectivity index (χ1n) is 10.9. The van der Waals surface area contributed by atoms with Crippen molar-refractivity contribution in [3.05, 3.63) is 108 Å². The van der Waals surface area contributed by atoms with Crippen LogP contribution in [0.1, 0.15) is 42.4 Å². The molecule has 0 unspecified atom stereocenters. The Hall–Kier alpha value is -1.69. The lowest BCUT2D eigenvalue weighted by atomic mass is 10.1. The van der Waals surface area contributed by atoms with E-state index in [1.54, 1.807) is 0 Å². The predicted octanol–water partition coefficient (Wildman–Crippen LogP) is 2.96. The third-order valence-electron chi connectivity index (χ3n) is 5.62. The summed E-state index contributed by atoms with van der Waals surface area (Å²) in [5.74, 6) is 0. The van der Waals surface area contributed by atoms with E-state index in [0.29, 0.717) is 6.61 Å². The number of aliphatic hydroxyl groups excluding tert-OH is 1. The summed E-state index contributed by atoms with van der Waals surface area (Å²) in [6, 6.07) is 32.7. The van der Waals surface area contributed by atoms with Crippen LogP contribution in [0.15, 0.2) is 91.0 Å². The number of nitrogens with zero attached hydrogens (tertiary/aromatic N) is 1. The maximum absolute atomic E-state index is 9.11. The van der Waals surface area contributed by atoms with Crippen LogP contribution in [0.2, 0.25) is 0 Å². The zero-order valence-corrected chi connectivity index (χ0v) is 20.0. The molecule has 0 aliphatic heterocycles. The highest BCUT2D eigenvalue weighted by Gasteiger charge is 2.28. The van der Waals surface area contributed by atoms with Crippen molar-refractivity contribution in [3.8, 4) is 0 Å². The van der Waals surface area contributed by atoms with E-state index in [2.05, 4.69) is 91.0 Å². The molecule has 0 radical (unpaired) electrons. The summed E-state index contributed by atoms with van der Waals surface area (Å²) < 4.78 is 1.02. The second-order valence-corrected chi connectivity index (χ2v) is 8.13. The van der Waals surface area contributed by atoms with Gasteiger partial charge in [0.15, 0.2) is 0 Å². The standard InChI is InChI=1S/C27H34NO.HI/c29-21-13-2-1-12-20-28(22-25-14-6-3-7-15-25,23-26-16-8-4-9-17-26)24-27-18-10-5-11-19-27;/h3-11,14-19,29H,1-2,12-13,20-24H2;1H/q+1;/p-1. The van der Waals surface area contributed by atoms with Crippen molar-refractivity contribution >= 4 is 0 Å². The molecule has 0 atom stereocenters. The van der Waals surface area contributed by atoms with Crippen molar-refractivity contribution in [2.75, 3.05) is 13.2 Å². The molecular formula is C27H34INO. The first kappa shape index (κ1) is 24.6. The topological polar surface area (TPSA) is 20.2 Å². The van der Waals surface area contributed by atoms with Crippen molar-refractivity contribution in [2.24, 2.45) is 0 Å². The van der Waals surface area contributed by atoms with Gasteiger partial charge in [-0.15, -0.1) is 0 Å². The van der Waals surface area contributed by atoms with Crippen LogP contribution in [-0.4, -0.2) is 22.7 Å². The summed E-state index contributed by atoms with van der Waals surface area (Å²) in [7, 11) is 0. The Morgan fingerprint density at radius 1 is 0.500 bits per heavy atom. The summed E-state index contributed by atoms with van der Waals surface area (Å²) in [5, 5.41) is 9.11. The van der Waals surface area contributed by atoms with Gasteiger partial charge in [-0.05, 0) is 19.3 Å². The Morgan fingerprint density at radius 3 is 1.23 bits per heavy atom. The summed E-state index contributed by atoms with van der Waals surface area (Å²) in [5.41, 5.74) is 4.19. The zero-order chi connectivity index (χ0) is 20.2. The molecule has 2 nitrogen and oxygen atoms in total. The van der Waals surface area contributed by atoms with Gasteiger partial charge in [-0.25, -0.2) is 0 Å². The minimum atomic E-state index is 0. The molecule has 3 rings (SSSR count). The molecule has 0 spiro atoms. The van der Waals surface area contributed by atoms with Gasteiger partial charge in [0.1, 0.15) is 19.6 Å². The second-order valence-electron chi connectivity index (χ2n) is 8.13. The molecule has 0 heterocycles. The SMILES string of the molecule is OCCCCCC[N+](Cc1ccccc1)(Cc1ccccc1)Cc1ccccc1.[I-]. The average Bonchev–Trinajstić information content (AvgIpc) is 2.76. The van der Waals surface area contributed by atoms with Crippen LogP contribution in [0.3, 0.4) is 0 Å². The van der Waals surface area contributed by atoms with Gasteiger partial charge in [0.2, 0.25) is 0 Å². The second kappa shape index (κ2) is 13.6. The van der Waals surface area contributed by atoms with Crippen LogP contribution in [0, 0.1) is 0 Å². The molecule has 3 aromatic rings. The maximum atomic E-state index is 9.11. The molecular weight excluding hydrogens is 481 g/mol. The Balaban J connectivity index is 0.00000320. The largest absolute Gasteiger partial charge is 1.00 e. The molecule has 0 saturated heterocycles. The summed E-state index contributed by atoms with van der Waals surface area (Å²) >= 11 is 0. The van der Waals surface area contributed by atoms with Gasteiger partial charge >= 0.3 is 0 Å². The third-order valence-corrected chi connectivity index (χ3v) is 5.62. The van der Waals surface area contributed by atoms with E-state index >= 15 is 0 Å². The van der Waals surface area contributed by atoms with Crippen LogP contribution in [0.25, 0.3) is 0 Å². The van der Waals surface area contributed by atoms with Crippen molar-refractivity contribution < 1.29 is 33.6 Å². The number of benzene rings is 3. The number of aliphatic hydroxyl groups is 1. The van der Waals surface area contributed by atoms with Crippen LogP contribution in [0.5, 0.6) is 0 Å². The van der Waals surface area contributed by atoms with Gasteiger partial charge in [0.25, 0.3) is 0 Å². The molecule has 0 amide bonds. The van der Waals surface area contributed by atoms with E-state index in [4.69, 9.17) is 5.11 Å². The quantitative estimate of drug-likeness (QED) is 0.224. The molecule has 1 N–H and O–H groups in total. The lowest BCUT2D eigenvalue weighted by Gasteiger charge is -2.39. The van der Waals surface area contributed by atoms with Crippen molar-refractivity contribution in [1.29, 1.82) is 0 Å². The minimum Gasteiger partial charge on any atom is -1.00 e. The third kappa shape index (κ3) is 8.21. The fraction of sp³-hybridized carbons (Fsp3) is 0.333. The predicted molar refractivity (Wildman–Crippen MR) is 121 cm³/mol. The highest BCUT2D eigenvalue weighted by molar-refractivity contribution is 5.17. The van der Waals surface area contributed by atoms with Crippen LogP contribution in [-0.2, 0) is 19.6 Å². The number of hydrogen-bond acceptors (Lipinski definition) is 1. The molecule has 0 fully saturated rings. The van der Waals surface area contributed by atoms with Crippen LogP contribution >= 0.6 is 0 Å². The summed E-state index contributed by atoms with van der Waals surface area (Å²) in [6.07, 6.45) is 4.39. The fourth-order valence-corrected chi connectivity index (χ4v) is 4.23. The smallest absolute Gasteiger partial charge is 0.105 e.